The van der Waals surface area contributed by atoms with Crippen molar-refractivity contribution in [3.05, 3.63) is 83.8 Å². The molecule has 5 nitrogen and oxygen atoms in total. The number of allylic oxidation sites excluding steroid dienone is 2. The van der Waals surface area contributed by atoms with Gasteiger partial charge in [0, 0.05) is 41.2 Å². The fraction of sp³-hybridized carbons (Fsp3) is 0.200. The lowest BCUT2D eigenvalue weighted by Crippen LogP contribution is -2.29. The van der Waals surface area contributed by atoms with E-state index in [9.17, 15) is 24.5 Å². The molecule has 0 aliphatic heterocycles. The van der Waals surface area contributed by atoms with Crippen molar-refractivity contribution < 1.29 is 24.5 Å². The van der Waals surface area contributed by atoms with Gasteiger partial charge in [0.15, 0.2) is 0 Å². The van der Waals surface area contributed by atoms with Gasteiger partial charge in [0.1, 0.15) is 5.82 Å². The van der Waals surface area contributed by atoms with Gasteiger partial charge < -0.3 is 20.1 Å². The molecule has 31 heavy (non-hydrogen) atoms. The van der Waals surface area contributed by atoms with Gasteiger partial charge in [0.2, 0.25) is 0 Å². The predicted octanol–water partition coefficient (Wildman–Crippen LogP) is 2.96. The van der Waals surface area contributed by atoms with Crippen LogP contribution in [0.4, 0.5) is 4.39 Å². The first-order valence-corrected chi connectivity index (χ1v) is 10.0. The number of aliphatic carboxylic acids is 1. The van der Waals surface area contributed by atoms with Gasteiger partial charge in [-0.05, 0) is 23.8 Å². The monoisotopic (exact) mass is 418 g/mol. The largest absolute Gasteiger partial charge is 0.550 e. The van der Waals surface area contributed by atoms with E-state index in [1.807, 2.05) is 36.4 Å². The van der Waals surface area contributed by atoms with E-state index < -0.39 is 24.6 Å². The van der Waals surface area contributed by atoms with E-state index >= 15 is 0 Å². The zero-order valence-corrected chi connectivity index (χ0v) is 16.6. The fourth-order valence-corrected chi connectivity index (χ4v) is 3.67. The minimum Gasteiger partial charge on any atom is -0.550 e. The van der Waals surface area contributed by atoms with Crippen LogP contribution in [0.15, 0.2) is 66.8 Å². The third-order valence-corrected chi connectivity index (χ3v) is 5.19. The summed E-state index contributed by atoms with van der Waals surface area (Å²) in [6, 6.07) is 13.9. The summed E-state index contributed by atoms with van der Waals surface area (Å²) in [5.41, 5.74) is 4.10. The Morgan fingerprint density at radius 1 is 1.13 bits per heavy atom. The zero-order valence-electron chi connectivity index (χ0n) is 16.6. The average molecular weight is 418 g/mol. The number of hydrogen-bond donors (Lipinski definition) is 2. The maximum absolute atomic E-state index is 13.6. The number of rotatable bonds is 8. The summed E-state index contributed by atoms with van der Waals surface area (Å²) >= 11 is 0. The maximum Gasteiger partial charge on any atom is 0.123 e. The third kappa shape index (κ3) is 4.87. The third-order valence-electron chi connectivity index (χ3n) is 5.19. The van der Waals surface area contributed by atoms with Crippen molar-refractivity contribution >= 4 is 22.9 Å². The molecule has 2 aromatic carbocycles. The van der Waals surface area contributed by atoms with E-state index in [4.69, 9.17) is 4.98 Å². The van der Waals surface area contributed by atoms with Gasteiger partial charge in [-0.15, -0.1) is 0 Å². The lowest BCUT2D eigenvalue weighted by atomic mass is 9.92. The molecule has 158 valence electrons. The Bertz CT molecular complexity index is 1160. The molecule has 2 N–H and O–H groups in total. The SMILES string of the molecule is O=C([O-])CC(O)CC(O)/C=C/c1c(C2C=C2)nc2ccccc2c1-c1ccc(F)cc1. The summed E-state index contributed by atoms with van der Waals surface area (Å²) in [6.07, 6.45) is 4.36. The first-order valence-electron chi connectivity index (χ1n) is 10.0. The lowest BCUT2D eigenvalue weighted by Gasteiger charge is -2.17. The second-order valence-corrected chi connectivity index (χ2v) is 7.61. The molecule has 0 radical (unpaired) electrons. The molecule has 3 aromatic rings. The zero-order chi connectivity index (χ0) is 22.0. The number of aliphatic hydroxyl groups excluding tert-OH is 2. The van der Waals surface area contributed by atoms with Gasteiger partial charge in [-0.25, -0.2) is 4.39 Å². The number of carbonyl (C=O) groups excluding carboxylic acids is 1. The van der Waals surface area contributed by atoms with Crippen LogP contribution in [0.3, 0.4) is 0 Å². The highest BCUT2D eigenvalue weighted by molar-refractivity contribution is 5.99. The fourth-order valence-electron chi connectivity index (χ4n) is 3.67. The van der Waals surface area contributed by atoms with Crippen LogP contribution in [0.2, 0.25) is 0 Å². The number of carbonyl (C=O) groups is 1. The van der Waals surface area contributed by atoms with E-state index in [0.717, 1.165) is 33.3 Å². The van der Waals surface area contributed by atoms with Crippen molar-refractivity contribution in [2.24, 2.45) is 0 Å². The van der Waals surface area contributed by atoms with Crippen LogP contribution in [0.1, 0.15) is 30.0 Å². The van der Waals surface area contributed by atoms with Crippen molar-refractivity contribution in [1.29, 1.82) is 0 Å². The molecular formula is C25H21FNO4-. The summed E-state index contributed by atoms with van der Waals surface area (Å²) in [6.45, 7) is 0. The van der Waals surface area contributed by atoms with Crippen LogP contribution in [0.5, 0.6) is 0 Å². The highest BCUT2D eigenvalue weighted by atomic mass is 19.1. The first-order chi connectivity index (χ1) is 14.9. The van der Waals surface area contributed by atoms with Crippen LogP contribution < -0.4 is 5.11 Å². The molecule has 0 bridgehead atoms. The summed E-state index contributed by atoms with van der Waals surface area (Å²) in [5.74, 6) is -1.63. The highest BCUT2D eigenvalue weighted by Crippen LogP contribution is 2.40. The Morgan fingerprint density at radius 3 is 2.52 bits per heavy atom. The summed E-state index contributed by atoms with van der Waals surface area (Å²) in [5, 5.41) is 31.6. The highest BCUT2D eigenvalue weighted by Gasteiger charge is 2.23. The average Bonchev–Trinajstić information content (AvgIpc) is 3.56. The van der Waals surface area contributed by atoms with Crippen molar-refractivity contribution in [2.45, 2.75) is 31.0 Å². The molecule has 1 heterocycles. The van der Waals surface area contributed by atoms with E-state index in [0.29, 0.717) is 0 Å². The lowest BCUT2D eigenvalue weighted by molar-refractivity contribution is -0.307. The van der Waals surface area contributed by atoms with Gasteiger partial charge in [-0.1, -0.05) is 54.6 Å². The second-order valence-electron chi connectivity index (χ2n) is 7.61. The Balaban J connectivity index is 1.79. The van der Waals surface area contributed by atoms with Crippen LogP contribution >= 0.6 is 0 Å². The minimum absolute atomic E-state index is 0.0734. The quantitative estimate of drug-likeness (QED) is 0.549. The molecule has 0 saturated carbocycles. The molecule has 1 aliphatic carbocycles. The number of fused-ring (bicyclic) bond motifs is 1. The van der Waals surface area contributed by atoms with Crippen LogP contribution in [-0.4, -0.2) is 33.4 Å². The number of nitrogens with zero attached hydrogens (tertiary/aromatic N) is 1. The number of halogens is 1. The number of hydrogen-bond acceptors (Lipinski definition) is 5. The number of carboxylic acid groups (broad SMARTS) is 1. The van der Waals surface area contributed by atoms with Crippen LogP contribution in [-0.2, 0) is 4.79 Å². The summed E-state index contributed by atoms with van der Waals surface area (Å²) < 4.78 is 13.6. The molecule has 0 amide bonds. The van der Waals surface area contributed by atoms with E-state index in [2.05, 4.69) is 0 Å². The van der Waals surface area contributed by atoms with E-state index in [1.54, 1.807) is 18.2 Å². The van der Waals surface area contributed by atoms with E-state index in [1.165, 1.54) is 18.2 Å². The van der Waals surface area contributed by atoms with Gasteiger partial charge in [0.05, 0.1) is 23.4 Å². The normalized spacial score (nSPS) is 15.5. The van der Waals surface area contributed by atoms with Crippen LogP contribution in [0, 0.1) is 5.82 Å². The smallest absolute Gasteiger partial charge is 0.123 e. The van der Waals surface area contributed by atoms with Gasteiger partial charge in [-0.3, -0.25) is 4.98 Å². The minimum atomic E-state index is -1.37. The Morgan fingerprint density at radius 2 is 1.84 bits per heavy atom. The van der Waals surface area contributed by atoms with Crippen molar-refractivity contribution in [1.82, 2.24) is 4.98 Å². The van der Waals surface area contributed by atoms with Gasteiger partial charge in [-0.2, -0.15) is 0 Å². The Labute approximate surface area is 178 Å². The van der Waals surface area contributed by atoms with Crippen LogP contribution in [0.25, 0.3) is 28.1 Å². The molecule has 6 heteroatoms. The molecule has 2 unspecified atom stereocenters. The summed E-state index contributed by atoms with van der Waals surface area (Å²) in [7, 11) is 0. The van der Waals surface area contributed by atoms with Crippen molar-refractivity contribution in [2.75, 3.05) is 0 Å². The molecule has 2 atom stereocenters. The Kier molecular flexibility index (Phi) is 5.93. The number of pyridine rings is 1. The number of benzene rings is 2. The number of carboxylic acids is 1. The molecular weight excluding hydrogens is 397 g/mol. The second kappa shape index (κ2) is 8.79. The first kappa shape index (κ1) is 20.9. The Hall–Kier alpha value is -3.35. The predicted molar refractivity (Wildman–Crippen MR) is 114 cm³/mol. The molecule has 0 fully saturated rings. The molecule has 4 rings (SSSR count). The molecule has 1 aromatic heterocycles. The standard InChI is InChI=1S/C25H22FNO4/c26-17-9-7-15(8-10-17)24-20-3-1-2-4-22(20)27-25(16-5-6-16)21(24)12-11-18(28)13-19(29)14-23(30)31/h1-12,16,18-19,28-29H,13-14H2,(H,30,31)/p-1/b12-11+. The number of para-hydroxylation sites is 1. The molecule has 0 spiro atoms. The van der Waals surface area contributed by atoms with Crippen molar-refractivity contribution in [3.63, 3.8) is 0 Å². The number of aromatic nitrogens is 1. The molecule has 1 aliphatic rings. The number of aliphatic hydroxyl groups is 2. The van der Waals surface area contributed by atoms with Crippen molar-refractivity contribution in [3.8, 4) is 11.1 Å². The maximum atomic E-state index is 13.6. The van der Waals surface area contributed by atoms with Gasteiger partial charge >= 0.3 is 0 Å². The topological polar surface area (TPSA) is 93.5 Å². The molecule has 0 saturated heterocycles. The van der Waals surface area contributed by atoms with E-state index in [-0.39, 0.29) is 18.2 Å². The summed E-state index contributed by atoms with van der Waals surface area (Å²) in [4.78, 5) is 15.4. The van der Waals surface area contributed by atoms with Gasteiger partial charge in [0.25, 0.3) is 0 Å².